The van der Waals surface area contributed by atoms with Gasteiger partial charge in [0.1, 0.15) is 0 Å². The highest BCUT2D eigenvalue weighted by molar-refractivity contribution is 6.30. The lowest BCUT2D eigenvalue weighted by molar-refractivity contribution is -0.144. The minimum Gasteiger partial charge on any atom is -0.425 e. The number of ether oxygens (including phenoxy) is 3. The molecule has 19 heavy (non-hydrogen) atoms. The van der Waals surface area contributed by atoms with Gasteiger partial charge in [-0.2, -0.15) is 0 Å². The first kappa shape index (κ1) is 14.2. The summed E-state index contributed by atoms with van der Waals surface area (Å²) in [4.78, 5) is 14.4. The third kappa shape index (κ3) is 3.65. The van der Waals surface area contributed by atoms with Crippen LogP contribution in [-0.4, -0.2) is 25.2 Å². The van der Waals surface area contributed by atoms with E-state index in [0.29, 0.717) is 24.7 Å². The van der Waals surface area contributed by atoms with Gasteiger partial charge in [-0.15, -0.1) is 0 Å². The van der Waals surface area contributed by atoms with Crippen molar-refractivity contribution in [3.8, 4) is 5.75 Å². The Balaban J connectivity index is 2.00. The van der Waals surface area contributed by atoms with E-state index >= 15 is 0 Å². The molecule has 0 N–H and O–H groups in total. The largest absolute Gasteiger partial charge is 0.425 e. The smallest absolute Gasteiger partial charge is 0.298 e. The van der Waals surface area contributed by atoms with Crippen LogP contribution in [0.3, 0.4) is 0 Å². The topological polar surface area (TPSA) is 57.7 Å². The zero-order chi connectivity index (χ0) is 13.7. The van der Waals surface area contributed by atoms with Crippen LogP contribution in [0.25, 0.3) is 0 Å². The summed E-state index contributed by atoms with van der Waals surface area (Å²) in [7, 11) is 1.55. The molecule has 0 aliphatic heterocycles. The third-order valence-corrected chi connectivity index (χ3v) is 3.45. The van der Waals surface area contributed by atoms with Gasteiger partial charge in [-0.3, -0.25) is 4.79 Å². The fraction of sp³-hybridized carbons (Fsp3) is 0.538. The highest BCUT2D eigenvalue weighted by Crippen LogP contribution is 2.30. The Morgan fingerprint density at radius 1 is 1.53 bits per heavy atom. The number of pyridine rings is 1. The van der Waals surface area contributed by atoms with E-state index in [9.17, 15) is 4.79 Å². The third-order valence-electron chi connectivity index (χ3n) is 3.17. The van der Waals surface area contributed by atoms with Crippen molar-refractivity contribution in [2.45, 2.75) is 25.6 Å². The zero-order valence-electron chi connectivity index (χ0n) is 10.7. The van der Waals surface area contributed by atoms with E-state index in [2.05, 4.69) is 9.72 Å². The van der Waals surface area contributed by atoms with Gasteiger partial charge in [0.15, 0.2) is 10.9 Å². The van der Waals surface area contributed by atoms with Crippen LogP contribution < -0.4 is 4.74 Å². The van der Waals surface area contributed by atoms with Crippen molar-refractivity contribution in [3.05, 3.63) is 23.0 Å². The van der Waals surface area contributed by atoms with Crippen molar-refractivity contribution in [1.82, 2.24) is 4.98 Å². The molecule has 0 amide bonds. The normalized spacial score (nSPS) is 16.7. The van der Waals surface area contributed by atoms with Crippen molar-refractivity contribution in [2.75, 3.05) is 13.7 Å². The number of halogens is 1. The Bertz CT molecular complexity index is 437. The lowest BCUT2D eigenvalue weighted by Gasteiger charge is -2.27. The molecule has 0 saturated heterocycles. The molecular weight excluding hydrogens is 270 g/mol. The van der Waals surface area contributed by atoms with Gasteiger partial charge in [0.05, 0.1) is 12.3 Å². The van der Waals surface area contributed by atoms with E-state index in [1.807, 2.05) is 0 Å². The molecule has 1 aromatic rings. The number of methoxy groups -OCH3 is 1. The molecule has 2 rings (SSSR count). The molecule has 1 atom stereocenters. The first-order valence-electron chi connectivity index (χ1n) is 6.15. The first-order valence-corrected chi connectivity index (χ1v) is 6.53. The summed E-state index contributed by atoms with van der Waals surface area (Å²) in [5, 5.41) is 0.110. The Kier molecular flexibility index (Phi) is 5.13. The lowest BCUT2D eigenvalue weighted by Crippen LogP contribution is -2.20. The summed E-state index contributed by atoms with van der Waals surface area (Å²) in [6.45, 7) is 0.966. The summed E-state index contributed by atoms with van der Waals surface area (Å²) >= 11 is 5.90. The van der Waals surface area contributed by atoms with Gasteiger partial charge in [-0.1, -0.05) is 18.0 Å². The van der Waals surface area contributed by atoms with Crippen LogP contribution in [0.1, 0.15) is 31.2 Å². The highest BCUT2D eigenvalue weighted by Gasteiger charge is 2.21. The highest BCUT2D eigenvalue weighted by atomic mass is 35.5. The van der Waals surface area contributed by atoms with Gasteiger partial charge in [0, 0.05) is 7.11 Å². The predicted molar refractivity (Wildman–Crippen MR) is 69.0 cm³/mol. The van der Waals surface area contributed by atoms with Gasteiger partial charge in [-0.25, -0.2) is 4.98 Å². The fourth-order valence-electron chi connectivity index (χ4n) is 1.86. The molecule has 6 heteroatoms. The SMILES string of the molecule is COC(OCC1CCC1)c1ccc(OC=O)c(Cl)n1. The molecular formula is C13H16ClNO4. The van der Waals surface area contributed by atoms with Crippen molar-refractivity contribution >= 4 is 18.1 Å². The van der Waals surface area contributed by atoms with Crippen molar-refractivity contribution in [3.63, 3.8) is 0 Å². The van der Waals surface area contributed by atoms with Gasteiger partial charge in [0.2, 0.25) is 6.29 Å². The van der Waals surface area contributed by atoms with Crippen LogP contribution in [0.2, 0.25) is 5.15 Å². The van der Waals surface area contributed by atoms with E-state index < -0.39 is 6.29 Å². The summed E-state index contributed by atoms with van der Waals surface area (Å²) in [6, 6.07) is 3.23. The maximum absolute atomic E-state index is 10.3. The van der Waals surface area contributed by atoms with Crippen LogP contribution in [-0.2, 0) is 14.3 Å². The Morgan fingerprint density at radius 2 is 2.32 bits per heavy atom. The van der Waals surface area contributed by atoms with E-state index in [0.717, 1.165) is 0 Å². The number of carbonyl (C=O) groups excluding carboxylic acids is 1. The fourth-order valence-corrected chi connectivity index (χ4v) is 2.07. The number of aromatic nitrogens is 1. The van der Waals surface area contributed by atoms with Crippen molar-refractivity contribution in [1.29, 1.82) is 0 Å². The first-order chi connectivity index (χ1) is 9.24. The molecule has 1 aliphatic carbocycles. The lowest BCUT2D eigenvalue weighted by atomic mass is 9.86. The molecule has 1 aromatic heterocycles. The summed E-state index contributed by atoms with van der Waals surface area (Å²) in [5.74, 6) is 0.833. The molecule has 0 radical (unpaired) electrons. The van der Waals surface area contributed by atoms with Crippen LogP contribution >= 0.6 is 11.6 Å². The van der Waals surface area contributed by atoms with E-state index in [1.54, 1.807) is 19.2 Å². The average Bonchev–Trinajstić information content (AvgIpc) is 2.35. The number of carbonyl (C=O) groups is 1. The second-order valence-electron chi connectivity index (χ2n) is 4.44. The Hall–Kier alpha value is -1.17. The number of hydrogen-bond donors (Lipinski definition) is 0. The molecule has 104 valence electrons. The molecule has 5 nitrogen and oxygen atoms in total. The van der Waals surface area contributed by atoms with Crippen molar-refractivity contribution in [2.24, 2.45) is 5.92 Å². The second-order valence-corrected chi connectivity index (χ2v) is 4.80. The van der Waals surface area contributed by atoms with E-state index in [1.165, 1.54) is 19.3 Å². The van der Waals surface area contributed by atoms with Crippen LogP contribution in [0.4, 0.5) is 0 Å². The maximum Gasteiger partial charge on any atom is 0.298 e. The monoisotopic (exact) mass is 285 g/mol. The summed E-state index contributed by atoms with van der Waals surface area (Å²) in [6.07, 6.45) is 3.13. The average molecular weight is 286 g/mol. The van der Waals surface area contributed by atoms with Gasteiger partial charge >= 0.3 is 0 Å². The van der Waals surface area contributed by atoms with Crippen LogP contribution in [0.5, 0.6) is 5.75 Å². The van der Waals surface area contributed by atoms with Gasteiger partial charge in [-0.05, 0) is 30.9 Å². The molecule has 1 unspecified atom stereocenters. The minimum absolute atomic E-state index is 0.110. The predicted octanol–water partition coefficient (Wildman–Crippen LogP) is 2.73. The van der Waals surface area contributed by atoms with E-state index in [-0.39, 0.29) is 10.9 Å². The molecule has 1 aliphatic rings. The Morgan fingerprint density at radius 3 is 2.84 bits per heavy atom. The molecule has 1 saturated carbocycles. The van der Waals surface area contributed by atoms with Gasteiger partial charge < -0.3 is 14.2 Å². The van der Waals surface area contributed by atoms with Crippen LogP contribution in [0, 0.1) is 5.92 Å². The zero-order valence-corrected chi connectivity index (χ0v) is 11.4. The summed E-state index contributed by atoms with van der Waals surface area (Å²) < 4.78 is 15.6. The second kappa shape index (κ2) is 6.84. The molecule has 1 heterocycles. The quantitative estimate of drug-likeness (QED) is 0.438. The van der Waals surface area contributed by atoms with Crippen LogP contribution in [0.15, 0.2) is 12.1 Å². The molecule has 0 spiro atoms. The molecule has 0 bridgehead atoms. The number of nitrogens with zero attached hydrogens (tertiary/aromatic N) is 1. The van der Waals surface area contributed by atoms with Gasteiger partial charge in [0.25, 0.3) is 6.47 Å². The Labute approximate surface area is 116 Å². The standard InChI is InChI=1S/C13H16ClNO4/c1-17-13(18-7-9-3-2-4-9)10-5-6-11(19-8-16)12(14)15-10/h5-6,8-9,13H,2-4,7H2,1H3. The van der Waals surface area contributed by atoms with E-state index in [4.69, 9.17) is 21.1 Å². The molecule has 0 aromatic carbocycles. The number of rotatable bonds is 7. The molecule has 1 fully saturated rings. The number of hydrogen-bond acceptors (Lipinski definition) is 5. The van der Waals surface area contributed by atoms with Crippen molar-refractivity contribution < 1.29 is 19.0 Å². The summed E-state index contributed by atoms with van der Waals surface area (Å²) in [5.41, 5.74) is 0.560. The minimum atomic E-state index is -0.552. The maximum atomic E-state index is 10.3.